The maximum Gasteiger partial charge on any atom is 0.252 e. The Morgan fingerprint density at radius 1 is 1.42 bits per heavy atom. The quantitative estimate of drug-likeness (QED) is 0.684. The van der Waals surface area contributed by atoms with Gasteiger partial charge < -0.3 is 24.8 Å². The van der Waals surface area contributed by atoms with Gasteiger partial charge in [0.15, 0.2) is 0 Å². The number of nitrogens with two attached hydrogens (primary N) is 1. The summed E-state index contributed by atoms with van der Waals surface area (Å²) in [5, 5.41) is 10.3. The first-order valence-electron chi connectivity index (χ1n) is 10.2. The van der Waals surface area contributed by atoms with Crippen LogP contribution in [0, 0.1) is 11.3 Å². The van der Waals surface area contributed by atoms with Gasteiger partial charge in [-0.1, -0.05) is 0 Å². The predicted octanol–water partition coefficient (Wildman–Crippen LogP) is 2.03. The topological polar surface area (TPSA) is 128 Å². The van der Waals surface area contributed by atoms with Crippen LogP contribution in [-0.2, 0) is 9.53 Å². The lowest BCUT2D eigenvalue weighted by molar-refractivity contribution is -0.139. The van der Waals surface area contributed by atoms with Crippen LogP contribution in [0.3, 0.4) is 0 Å². The molecule has 9 heteroatoms. The van der Waals surface area contributed by atoms with Gasteiger partial charge in [0.1, 0.15) is 12.2 Å². The summed E-state index contributed by atoms with van der Waals surface area (Å²) in [6.07, 6.45) is 1.84. The molecule has 0 saturated carbocycles. The first-order valence-corrected chi connectivity index (χ1v) is 10.2. The Kier molecular flexibility index (Phi) is 7.26. The van der Waals surface area contributed by atoms with Crippen LogP contribution in [0.5, 0.6) is 11.6 Å². The van der Waals surface area contributed by atoms with E-state index in [2.05, 4.69) is 4.98 Å². The normalized spacial score (nSPS) is 16.2. The van der Waals surface area contributed by atoms with Crippen molar-refractivity contribution < 1.29 is 23.8 Å². The minimum atomic E-state index is -0.573. The summed E-state index contributed by atoms with van der Waals surface area (Å²) in [5.41, 5.74) is 5.81. The third kappa shape index (κ3) is 5.41. The molecule has 0 unspecified atom stereocenters. The van der Waals surface area contributed by atoms with Gasteiger partial charge >= 0.3 is 0 Å². The molecule has 3 rings (SSSR count). The number of morpholine rings is 1. The number of hydrogen-bond donors (Lipinski definition) is 1. The number of amides is 2. The Morgan fingerprint density at radius 2 is 2.23 bits per heavy atom. The third-order valence-corrected chi connectivity index (χ3v) is 4.92. The van der Waals surface area contributed by atoms with Crippen molar-refractivity contribution in [1.82, 2.24) is 9.88 Å². The molecule has 1 aromatic carbocycles. The second-order valence-corrected chi connectivity index (χ2v) is 7.50. The summed E-state index contributed by atoms with van der Waals surface area (Å²) in [7, 11) is 0. The van der Waals surface area contributed by atoms with Gasteiger partial charge in [-0.15, -0.1) is 0 Å². The molecule has 1 saturated heterocycles. The van der Waals surface area contributed by atoms with Gasteiger partial charge in [0, 0.05) is 24.5 Å². The molecular formula is C22H26N4O5. The van der Waals surface area contributed by atoms with E-state index in [-0.39, 0.29) is 24.5 Å². The fraction of sp³-hybridized carbons (Fsp3) is 0.455. The van der Waals surface area contributed by atoms with Gasteiger partial charge in [0.05, 0.1) is 43.6 Å². The minimum absolute atomic E-state index is 0.139. The Bertz CT molecular complexity index is 1000. The number of ether oxygens (including phenoxy) is 3. The number of nitrogens with zero attached hydrogens (tertiary/aromatic N) is 3. The molecule has 1 aromatic heterocycles. The van der Waals surface area contributed by atoms with Crippen molar-refractivity contribution in [2.75, 3.05) is 26.4 Å². The molecule has 2 N–H and O–H groups in total. The maximum atomic E-state index is 12.2. The zero-order chi connectivity index (χ0) is 22.4. The summed E-state index contributed by atoms with van der Waals surface area (Å²) < 4.78 is 17.2. The molecule has 1 fully saturated rings. The molecule has 0 spiro atoms. The fourth-order valence-corrected chi connectivity index (χ4v) is 3.52. The summed E-state index contributed by atoms with van der Waals surface area (Å²) >= 11 is 0. The molecule has 0 radical (unpaired) electrons. The van der Waals surface area contributed by atoms with Crippen LogP contribution in [-0.4, -0.2) is 60.2 Å². The summed E-state index contributed by atoms with van der Waals surface area (Å²) in [5.74, 6) is 0.000335. The van der Waals surface area contributed by atoms with Crippen LogP contribution in [0.1, 0.15) is 37.0 Å². The molecule has 0 bridgehead atoms. The van der Waals surface area contributed by atoms with Gasteiger partial charge in [0.2, 0.25) is 11.8 Å². The Hall–Kier alpha value is -3.38. The van der Waals surface area contributed by atoms with Crippen LogP contribution >= 0.6 is 0 Å². The van der Waals surface area contributed by atoms with Gasteiger partial charge in [-0.05, 0) is 37.4 Å². The summed E-state index contributed by atoms with van der Waals surface area (Å²) in [6, 6.07) is 6.89. The van der Waals surface area contributed by atoms with E-state index in [0.29, 0.717) is 55.4 Å². The largest absolute Gasteiger partial charge is 0.490 e. The molecule has 1 atom stereocenters. The molecule has 2 heterocycles. The lowest BCUT2D eigenvalue weighted by atomic mass is 10.1. The lowest BCUT2D eigenvalue weighted by Crippen LogP contribution is -2.49. The van der Waals surface area contributed by atoms with Gasteiger partial charge in [-0.2, -0.15) is 5.26 Å². The van der Waals surface area contributed by atoms with E-state index in [9.17, 15) is 9.59 Å². The Labute approximate surface area is 180 Å². The smallest absolute Gasteiger partial charge is 0.252 e. The average molecular weight is 426 g/mol. The highest BCUT2D eigenvalue weighted by Crippen LogP contribution is 2.31. The molecule has 164 valence electrons. The van der Waals surface area contributed by atoms with E-state index in [1.165, 1.54) is 0 Å². The standard InChI is InChI=1S/C22H26N4O5/c1-14(2)31-19-12-17-15(11-18(19)21(24)28)4-7-25-22(17)30-9-5-16-13-29-10-8-26(16)20(27)3-6-23/h4,7,11-12,14,16H,3,5,8-10,13H2,1-2H3,(H2,24,28)/t16-/m0/s1. The molecule has 2 amide bonds. The van der Waals surface area contributed by atoms with Gasteiger partial charge in [-0.3, -0.25) is 9.59 Å². The number of primary amides is 1. The van der Waals surface area contributed by atoms with E-state index >= 15 is 0 Å². The molecule has 9 nitrogen and oxygen atoms in total. The number of benzene rings is 1. The first kappa shape index (κ1) is 22.3. The summed E-state index contributed by atoms with van der Waals surface area (Å²) in [6.45, 7) is 5.35. The van der Waals surface area contributed by atoms with E-state index < -0.39 is 5.91 Å². The zero-order valence-corrected chi connectivity index (χ0v) is 17.7. The van der Waals surface area contributed by atoms with Crippen LogP contribution in [0.2, 0.25) is 0 Å². The van der Waals surface area contributed by atoms with E-state index in [1.807, 2.05) is 19.9 Å². The number of carbonyl (C=O) groups is 2. The maximum absolute atomic E-state index is 12.2. The van der Waals surface area contributed by atoms with Crippen molar-refractivity contribution in [2.45, 2.75) is 38.8 Å². The Balaban J connectivity index is 1.77. The monoisotopic (exact) mass is 426 g/mol. The molecule has 0 aliphatic carbocycles. The zero-order valence-electron chi connectivity index (χ0n) is 17.7. The second kappa shape index (κ2) is 10.1. The highest BCUT2D eigenvalue weighted by molar-refractivity contribution is 6.01. The second-order valence-electron chi connectivity index (χ2n) is 7.50. The van der Waals surface area contributed by atoms with Crippen molar-refractivity contribution in [3.63, 3.8) is 0 Å². The fourth-order valence-electron chi connectivity index (χ4n) is 3.52. The number of aromatic nitrogens is 1. The van der Waals surface area contributed by atoms with Crippen molar-refractivity contribution >= 4 is 22.6 Å². The van der Waals surface area contributed by atoms with Crippen LogP contribution < -0.4 is 15.2 Å². The lowest BCUT2D eigenvalue weighted by Gasteiger charge is -2.35. The van der Waals surface area contributed by atoms with Crippen molar-refractivity contribution in [3.8, 4) is 17.7 Å². The molecule has 1 aliphatic rings. The highest BCUT2D eigenvalue weighted by atomic mass is 16.5. The molecular weight excluding hydrogens is 400 g/mol. The van der Waals surface area contributed by atoms with E-state index in [1.54, 1.807) is 29.3 Å². The van der Waals surface area contributed by atoms with E-state index in [0.717, 1.165) is 5.39 Å². The molecule has 31 heavy (non-hydrogen) atoms. The van der Waals surface area contributed by atoms with Crippen molar-refractivity contribution in [3.05, 3.63) is 30.0 Å². The van der Waals surface area contributed by atoms with Crippen molar-refractivity contribution in [1.29, 1.82) is 5.26 Å². The van der Waals surface area contributed by atoms with Crippen LogP contribution in [0.15, 0.2) is 24.4 Å². The van der Waals surface area contributed by atoms with Gasteiger partial charge in [-0.25, -0.2) is 4.98 Å². The first-order chi connectivity index (χ1) is 14.9. The number of rotatable bonds is 8. The van der Waals surface area contributed by atoms with Crippen LogP contribution in [0.4, 0.5) is 0 Å². The Morgan fingerprint density at radius 3 is 2.94 bits per heavy atom. The van der Waals surface area contributed by atoms with E-state index in [4.69, 9.17) is 25.2 Å². The number of fused-ring (bicyclic) bond motifs is 1. The van der Waals surface area contributed by atoms with Crippen molar-refractivity contribution in [2.24, 2.45) is 5.73 Å². The minimum Gasteiger partial charge on any atom is -0.490 e. The SMILES string of the molecule is CC(C)Oc1cc2c(OCC[C@H]3COCCN3C(=O)CC#N)nccc2cc1C(N)=O. The third-order valence-electron chi connectivity index (χ3n) is 4.92. The average Bonchev–Trinajstić information content (AvgIpc) is 2.73. The van der Waals surface area contributed by atoms with Crippen LogP contribution in [0.25, 0.3) is 10.8 Å². The number of carbonyl (C=O) groups excluding carboxylic acids is 2. The summed E-state index contributed by atoms with van der Waals surface area (Å²) in [4.78, 5) is 30.0. The van der Waals surface area contributed by atoms with Gasteiger partial charge in [0.25, 0.3) is 5.91 Å². The predicted molar refractivity (Wildman–Crippen MR) is 113 cm³/mol. The molecule has 1 aliphatic heterocycles. The number of hydrogen-bond acceptors (Lipinski definition) is 7. The number of nitriles is 1. The highest BCUT2D eigenvalue weighted by Gasteiger charge is 2.27. The molecule has 2 aromatic rings. The number of pyridine rings is 1.